The van der Waals surface area contributed by atoms with Gasteiger partial charge in [-0.15, -0.1) is 0 Å². The van der Waals surface area contributed by atoms with E-state index < -0.39 is 0 Å². The third kappa shape index (κ3) is 1.35. The van der Waals surface area contributed by atoms with Crippen molar-refractivity contribution < 1.29 is 4.74 Å². The third-order valence-corrected chi connectivity index (χ3v) is 3.59. The molecule has 2 aromatic carbocycles. The van der Waals surface area contributed by atoms with Gasteiger partial charge in [0.1, 0.15) is 12.4 Å². The highest BCUT2D eigenvalue weighted by atomic mass is 16.5. The van der Waals surface area contributed by atoms with Crippen molar-refractivity contribution in [1.82, 2.24) is 0 Å². The lowest BCUT2D eigenvalue weighted by atomic mass is 9.93. The smallest absolute Gasteiger partial charge is 0.129 e. The number of ether oxygens (including phenoxy) is 1. The Labute approximate surface area is 106 Å². The van der Waals surface area contributed by atoms with Crippen LogP contribution in [0.4, 0.5) is 5.69 Å². The van der Waals surface area contributed by atoms with E-state index in [1.165, 1.54) is 28.1 Å². The maximum atomic E-state index is 5.81. The number of nitrogens with one attached hydrogen (secondary N) is 1. The molecule has 0 bridgehead atoms. The van der Waals surface area contributed by atoms with E-state index in [9.17, 15) is 0 Å². The van der Waals surface area contributed by atoms with Gasteiger partial charge in [0.2, 0.25) is 0 Å². The van der Waals surface area contributed by atoms with E-state index in [4.69, 9.17) is 4.74 Å². The lowest BCUT2D eigenvalue weighted by molar-refractivity contribution is 0.342. The molecule has 0 radical (unpaired) electrons. The number of benzene rings is 2. The number of anilines is 1. The molecule has 2 heterocycles. The van der Waals surface area contributed by atoms with Gasteiger partial charge in [-0.3, -0.25) is 0 Å². The summed E-state index contributed by atoms with van der Waals surface area (Å²) in [6.45, 7) is 0.688. The van der Waals surface area contributed by atoms with E-state index in [0.717, 1.165) is 12.2 Å². The van der Waals surface area contributed by atoms with Gasteiger partial charge in [-0.05, 0) is 29.3 Å². The summed E-state index contributed by atoms with van der Waals surface area (Å²) in [6.07, 6.45) is 0.979. The van der Waals surface area contributed by atoms with Crippen LogP contribution in [0.25, 0.3) is 5.70 Å². The lowest BCUT2D eigenvalue weighted by Crippen LogP contribution is -2.21. The number of rotatable bonds is 0. The second kappa shape index (κ2) is 3.64. The molecule has 0 aliphatic carbocycles. The summed E-state index contributed by atoms with van der Waals surface area (Å²) in [4.78, 5) is 0. The summed E-state index contributed by atoms with van der Waals surface area (Å²) in [7, 11) is 0. The zero-order valence-electron chi connectivity index (χ0n) is 9.94. The average Bonchev–Trinajstić information content (AvgIpc) is 2.45. The summed E-state index contributed by atoms with van der Waals surface area (Å²) < 4.78 is 5.81. The molecule has 2 aliphatic rings. The van der Waals surface area contributed by atoms with Gasteiger partial charge in [-0.1, -0.05) is 30.3 Å². The number of hydrogen-bond donors (Lipinski definition) is 1. The molecule has 2 aromatic rings. The SMILES string of the molecule is c1ccc2c(c1)CC1=C(N2)c2ccccc2OC1. The number of para-hydroxylation sites is 2. The third-order valence-electron chi connectivity index (χ3n) is 3.59. The molecule has 18 heavy (non-hydrogen) atoms. The van der Waals surface area contributed by atoms with Crippen LogP contribution in [0, 0.1) is 0 Å². The standard InChI is InChI=1S/C16H13NO/c1-3-7-14-11(5-1)9-12-10-18-15-8-4-2-6-13(15)16(12)17-14/h1-8,17H,9-10H2. The van der Waals surface area contributed by atoms with Crippen LogP contribution in [0.3, 0.4) is 0 Å². The van der Waals surface area contributed by atoms with Crippen LogP contribution < -0.4 is 10.1 Å². The van der Waals surface area contributed by atoms with Gasteiger partial charge in [-0.2, -0.15) is 0 Å². The predicted molar refractivity (Wildman–Crippen MR) is 72.6 cm³/mol. The fourth-order valence-corrected chi connectivity index (χ4v) is 2.68. The molecular weight excluding hydrogens is 222 g/mol. The number of fused-ring (bicyclic) bond motifs is 3. The first-order valence-electron chi connectivity index (χ1n) is 6.21. The zero-order chi connectivity index (χ0) is 11.9. The van der Waals surface area contributed by atoms with E-state index in [1.807, 2.05) is 12.1 Å². The highest BCUT2D eigenvalue weighted by Gasteiger charge is 2.24. The first-order chi connectivity index (χ1) is 8.92. The Bertz CT molecular complexity index is 658. The van der Waals surface area contributed by atoms with Gasteiger partial charge < -0.3 is 10.1 Å². The predicted octanol–water partition coefficient (Wildman–Crippen LogP) is 3.46. The number of hydrogen-bond acceptors (Lipinski definition) is 2. The molecular formula is C16H13NO. The van der Waals surface area contributed by atoms with Gasteiger partial charge in [0.05, 0.1) is 5.70 Å². The fraction of sp³-hybridized carbons (Fsp3) is 0.125. The first kappa shape index (κ1) is 9.77. The normalized spacial score (nSPS) is 16.0. The van der Waals surface area contributed by atoms with Crippen molar-refractivity contribution in [2.24, 2.45) is 0 Å². The van der Waals surface area contributed by atoms with Crippen molar-refractivity contribution in [3.05, 3.63) is 65.2 Å². The Balaban J connectivity index is 1.86. The highest BCUT2D eigenvalue weighted by molar-refractivity contribution is 5.86. The maximum absolute atomic E-state index is 5.81. The molecule has 0 saturated heterocycles. The van der Waals surface area contributed by atoms with Crippen molar-refractivity contribution in [3.63, 3.8) is 0 Å². The molecule has 88 valence electrons. The van der Waals surface area contributed by atoms with Crippen LogP contribution in [-0.2, 0) is 6.42 Å². The molecule has 2 nitrogen and oxygen atoms in total. The topological polar surface area (TPSA) is 21.3 Å². The Kier molecular flexibility index (Phi) is 1.97. The van der Waals surface area contributed by atoms with E-state index in [2.05, 4.69) is 41.7 Å². The van der Waals surface area contributed by atoms with Crippen LogP contribution in [0.1, 0.15) is 11.1 Å². The van der Waals surface area contributed by atoms with E-state index in [0.29, 0.717) is 6.61 Å². The average molecular weight is 235 g/mol. The van der Waals surface area contributed by atoms with Crippen molar-refractivity contribution in [1.29, 1.82) is 0 Å². The summed E-state index contributed by atoms with van der Waals surface area (Å²) in [6, 6.07) is 16.7. The Hall–Kier alpha value is -2.22. The van der Waals surface area contributed by atoms with Crippen molar-refractivity contribution in [2.45, 2.75) is 6.42 Å². The van der Waals surface area contributed by atoms with Crippen molar-refractivity contribution >= 4 is 11.4 Å². The van der Waals surface area contributed by atoms with Gasteiger partial charge >= 0.3 is 0 Å². The van der Waals surface area contributed by atoms with Crippen molar-refractivity contribution in [2.75, 3.05) is 11.9 Å². The Morgan fingerprint density at radius 1 is 0.944 bits per heavy atom. The molecule has 0 amide bonds. The van der Waals surface area contributed by atoms with Crippen LogP contribution in [-0.4, -0.2) is 6.61 Å². The summed E-state index contributed by atoms with van der Waals surface area (Å²) in [5, 5.41) is 3.55. The largest absolute Gasteiger partial charge is 0.488 e. The van der Waals surface area contributed by atoms with E-state index in [-0.39, 0.29) is 0 Å². The minimum Gasteiger partial charge on any atom is -0.488 e. The Morgan fingerprint density at radius 2 is 1.78 bits per heavy atom. The second-order valence-corrected chi connectivity index (χ2v) is 4.72. The molecule has 0 spiro atoms. The van der Waals surface area contributed by atoms with Crippen LogP contribution in [0.2, 0.25) is 0 Å². The molecule has 2 aliphatic heterocycles. The van der Waals surface area contributed by atoms with Crippen molar-refractivity contribution in [3.8, 4) is 5.75 Å². The van der Waals surface area contributed by atoms with Crippen LogP contribution in [0.5, 0.6) is 5.75 Å². The second-order valence-electron chi connectivity index (χ2n) is 4.72. The Morgan fingerprint density at radius 3 is 2.78 bits per heavy atom. The molecule has 0 aromatic heterocycles. The highest BCUT2D eigenvalue weighted by Crippen LogP contribution is 2.38. The monoisotopic (exact) mass is 235 g/mol. The zero-order valence-corrected chi connectivity index (χ0v) is 9.94. The van der Waals surface area contributed by atoms with Gasteiger partial charge in [0.25, 0.3) is 0 Å². The van der Waals surface area contributed by atoms with Gasteiger partial charge in [-0.25, -0.2) is 0 Å². The van der Waals surface area contributed by atoms with E-state index >= 15 is 0 Å². The molecule has 1 N–H and O–H groups in total. The molecule has 0 atom stereocenters. The van der Waals surface area contributed by atoms with Gasteiger partial charge in [0.15, 0.2) is 0 Å². The van der Waals surface area contributed by atoms with Crippen LogP contribution >= 0.6 is 0 Å². The van der Waals surface area contributed by atoms with Gasteiger partial charge in [0, 0.05) is 17.7 Å². The minimum absolute atomic E-state index is 0.688. The molecule has 0 unspecified atom stereocenters. The first-order valence-corrected chi connectivity index (χ1v) is 6.21. The molecule has 4 rings (SSSR count). The fourth-order valence-electron chi connectivity index (χ4n) is 2.68. The minimum atomic E-state index is 0.688. The maximum Gasteiger partial charge on any atom is 0.129 e. The van der Waals surface area contributed by atoms with Crippen LogP contribution in [0.15, 0.2) is 54.1 Å². The quantitative estimate of drug-likeness (QED) is 0.755. The molecule has 2 heteroatoms. The molecule has 0 fully saturated rings. The van der Waals surface area contributed by atoms with E-state index in [1.54, 1.807) is 0 Å². The lowest BCUT2D eigenvalue weighted by Gasteiger charge is -2.29. The summed E-state index contributed by atoms with van der Waals surface area (Å²) >= 11 is 0. The molecule has 0 saturated carbocycles. The summed E-state index contributed by atoms with van der Waals surface area (Å²) in [5.41, 5.74) is 6.31. The summed E-state index contributed by atoms with van der Waals surface area (Å²) in [5.74, 6) is 0.975.